The van der Waals surface area contributed by atoms with Crippen LogP contribution in [0.1, 0.15) is 29.2 Å². The zero-order valence-electron chi connectivity index (χ0n) is 17.9. The van der Waals surface area contributed by atoms with Gasteiger partial charge in [0.2, 0.25) is 0 Å². The highest BCUT2D eigenvalue weighted by atomic mass is 16.3. The van der Waals surface area contributed by atoms with Crippen LogP contribution in [0.4, 0.5) is 0 Å². The Hall–Kier alpha value is -3.88. The molecular formula is C23H23N5O4. The first kappa shape index (κ1) is 20.0. The Balaban J connectivity index is 1.43. The summed E-state index contributed by atoms with van der Waals surface area (Å²) in [5.74, 6) is 0.465. The van der Waals surface area contributed by atoms with E-state index in [1.807, 2.05) is 0 Å². The number of likely N-dealkylation sites (tertiary alicyclic amines) is 1. The molecule has 9 heteroatoms. The third-order valence-corrected chi connectivity index (χ3v) is 6.15. The molecule has 0 spiro atoms. The first-order chi connectivity index (χ1) is 15.4. The Kier molecular flexibility index (Phi) is 4.80. The topological polar surface area (TPSA) is 95.3 Å². The zero-order valence-corrected chi connectivity index (χ0v) is 17.9. The fourth-order valence-corrected chi connectivity index (χ4v) is 4.40. The van der Waals surface area contributed by atoms with Crippen molar-refractivity contribution in [2.45, 2.75) is 18.9 Å². The van der Waals surface area contributed by atoms with Crippen molar-refractivity contribution in [2.75, 3.05) is 13.1 Å². The third-order valence-electron chi connectivity index (χ3n) is 6.15. The second-order valence-electron chi connectivity index (χ2n) is 8.13. The van der Waals surface area contributed by atoms with E-state index in [9.17, 15) is 14.4 Å². The molecule has 1 aliphatic rings. The number of imidazole rings is 1. The van der Waals surface area contributed by atoms with Gasteiger partial charge in [0.25, 0.3) is 11.5 Å². The summed E-state index contributed by atoms with van der Waals surface area (Å²) >= 11 is 0. The van der Waals surface area contributed by atoms with E-state index in [0.29, 0.717) is 35.6 Å². The van der Waals surface area contributed by atoms with Crippen LogP contribution in [0.3, 0.4) is 0 Å². The molecule has 3 aromatic heterocycles. The summed E-state index contributed by atoms with van der Waals surface area (Å²) in [7, 11) is 3.41. The van der Waals surface area contributed by atoms with Gasteiger partial charge >= 0.3 is 5.69 Å². The minimum atomic E-state index is -0.222. The van der Waals surface area contributed by atoms with Crippen molar-refractivity contribution < 1.29 is 9.21 Å². The van der Waals surface area contributed by atoms with Crippen LogP contribution in [0.25, 0.3) is 22.5 Å². The number of aromatic nitrogens is 4. The molecule has 1 atom stereocenters. The predicted molar refractivity (Wildman–Crippen MR) is 119 cm³/mol. The van der Waals surface area contributed by atoms with Gasteiger partial charge < -0.3 is 9.32 Å². The van der Waals surface area contributed by atoms with Crippen LogP contribution < -0.4 is 11.2 Å². The second-order valence-corrected chi connectivity index (χ2v) is 8.13. The monoisotopic (exact) mass is 433 g/mol. The van der Waals surface area contributed by atoms with Crippen LogP contribution in [0.5, 0.6) is 0 Å². The Labute approximate surface area is 183 Å². The molecule has 0 saturated carbocycles. The Morgan fingerprint density at radius 1 is 1.06 bits per heavy atom. The maximum absolute atomic E-state index is 13.3. The molecule has 0 radical (unpaired) electrons. The number of nitrogens with zero attached hydrogens (tertiary/aromatic N) is 5. The number of furan rings is 1. The van der Waals surface area contributed by atoms with E-state index in [-0.39, 0.29) is 23.2 Å². The lowest BCUT2D eigenvalue weighted by Gasteiger charge is -2.33. The van der Waals surface area contributed by atoms with E-state index in [1.54, 1.807) is 66.2 Å². The number of hydrogen-bond acceptors (Lipinski definition) is 5. The van der Waals surface area contributed by atoms with Crippen LogP contribution in [0.2, 0.25) is 0 Å². The number of amides is 1. The van der Waals surface area contributed by atoms with Crippen LogP contribution >= 0.6 is 0 Å². The Morgan fingerprint density at radius 3 is 2.66 bits per heavy atom. The van der Waals surface area contributed by atoms with Gasteiger partial charge in [0.05, 0.1) is 23.3 Å². The number of carbonyl (C=O) groups excluding carboxylic acids is 1. The van der Waals surface area contributed by atoms with Crippen LogP contribution in [-0.4, -0.2) is 42.8 Å². The summed E-state index contributed by atoms with van der Waals surface area (Å²) in [6.45, 7) is 0.993. The summed E-state index contributed by atoms with van der Waals surface area (Å²) in [6, 6.07) is 11.8. The fourth-order valence-electron chi connectivity index (χ4n) is 4.40. The molecule has 0 bridgehead atoms. The molecule has 4 heterocycles. The lowest BCUT2D eigenvalue weighted by Crippen LogP contribution is -2.43. The number of carbonyl (C=O) groups is 1. The number of benzene rings is 1. The van der Waals surface area contributed by atoms with Crippen molar-refractivity contribution in [1.29, 1.82) is 0 Å². The smallest absolute Gasteiger partial charge is 0.328 e. The maximum Gasteiger partial charge on any atom is 0.328 e. The largest absolute Gasteiger partial charge is 0.463 e. The molecule has 1 fully saturated rings. The average Bonchev–Trinajstić information content (AvgIpc) is 3.43. The molecule has 4 aromatic rings. The van der Waals surface area contributed by atoms with Gasteiger partial charge in [0.1, 0.15) is 5.69 Å². The van der Waals surface area contributed by atoms with Gasteiger partial charge in [-0.2, -0.15) is 5.10 Å². The Bertz CT molecular complexity index is 1430. The molecule has 0 aliphatic carbocycles. The lowest BCUT2D eigenvalue weighted by molar-refractivity contribution is 0.0670. The summed E-state index contributed by atoms with van der Waals surface area (Å²) in [6.07, 6.45) is 3.08. The van der Waals surface area contributed by atoms with Gasteiger partial charge in [-0.05, 0) is 49.2 Å². The minimum absolute atomic E-state index is 0.122. The van der Waals surface area contributed by atoms with Crippen molar-refractivity contribution in [2.24, 2.45) is 14.1 Å². The van der Waals surface area contributed by atoms with E-state index in [0.717, 1.165) is 18.4 Å². The summed E-state index contributed by atoms with van der Waals surface area (Å²) < 4.78 is 9.96. The number of fused-ring (bicyclic) bond motifs is 1. The van der Waals surface area contributed by atoms with Crippen molar-refractivity contribution >= 4 is 16.9 Å². The number of hydrogen-bond donors (Lipinski definition) is 0. The molecule has 5 rings (SSSR count). The molecular weight excluding hydrogens is 410 g/mol. The maximum atomic E-state index is 13.3. The van der Waals surface area contributed by atoms with Crippen LogP contribution in [0, 0.1) is 0 Å². The SMILES string of the molecule is Cn1c(=O)n(C)c2cc(C(=O)N3CCC[C@@H](n4nc(-c5ccco5)ccc4=O)C3)ccc21. The van der Waals surface area contributed by atoms with Crippen molar-refractivity contribution in [1.82, 2.24) is 23.8 Å². The van der Waals surface area contributed by atoms with Gasteiger partial charge in [-0.15, -0.1) is 0 Å². The van der Waals surface area contributed by atoms with Crippen molar-refractivity contribution in [3.8, 4) is 11.5 Å². The highest BCUT2D eigenvalue weighted by molar-refractivity contribution is 5.97. The first-order valence-electron chi connectivity index (χ1n) is 10.5. The second kappa shape index (κ2) is 7.67. The van der Waals surface area contributed by atoms with Gasteiger partial charge in [0, 0.05) is 38.8 Å². The van der Waals surface area contributed by atoms with Crippen molar-refractivity contribution in [3.05, 3.63) is 75.1 Å². The minimum Gasteiger partial charge on any atom is -0.463 e. The molecule has 0 N–H and O–H groups in total. The van der Waals surface area contributed by atoms with Crippen LogP contribution in [-0.2, 0) is 14.1 Å². The fraction of sp³-hybridized carbons (Fsp3) is 0.304. The predicted octanol–water partition coefficient (Wildman–Crippen LogP) is 2.17. The lowest BCUT2D eigenvalue weighted by atomic mass is 10.0. The molecule has 9 nitrogen and oxygen atoms in total. The number of aryl methyl sites for hydroxylation is 2. The van der Waals surface area contributed by atoms with E-state index in [2.05, 4.69) is 5.10 Å². The third kappa shape index (κ3) is 3.26. The van der Waals surface area contributed by atoms with Gasteiger partial charge in [0.15, 0.2) is 5.76 Å². The number of piperidine rings is 1. The Morgan fingerprint density at radius 2 is 1.88 bits per heavy atom. The van der Waals surface area contributed by atoms with Gasteiger partial charge in [-0.3, -0.25) is 18.7 Å². The quantitative estimate of drug-likeness (QED) is 0.494. The number of rotatable bonds is 3. The molecule has 32 heavy (non-hydrogen) atoms. The zero-order chi connectivity index (χ0) is 22.4. The molecule has 1 aliphatic heterocycles. The molecule has 1 saturated heterocycles. The highest BCUT2D eigenvalue weighted by Gasteiger charge is 2.27. The molecule has 1 aromatic carbocycles. The molecule has 164 valence electrons. The van der Waals surface area contributed by atoms with E-state index < -0.39 is 0 Å². The van der Waals surface area contributed by atoms with Gasteiger partial charge in [-0.1, -0.05) is 0 Å². The normalized spacial score (nSPS) is 16.6. The van der Waals surface area contributed by atoms with E-state index in [1.165, 1.54) is 15.3 Å². The molecule has 0 unspecified atom stereocenters. The summed E-state index contributed by atoms with van der Waals surface area (Å²) in [5.41, 5.74) is 2.24. The van der Waals surface area contributed by atoms with Crippen molar-refractivity contribution in [3.63, 3.8) is 0 Å². The summed E-state index contributed by atoms with van der Waals surface area (Å²) in [4.78, 5) is 39.8. The molecule has 1 amide bonds. The standard InChI is InChI=1S/C23H23N5O4/c1-25-18-9-7-15(13-19(18)26(2)23(25)31)22(30)27-11-3-5-16(14-27)28-21(29)10-8-17(24-28)20-6-4-12-32-20/h4,6-10,12-13,16H,3,5,11,14H2,1-2H3/t16-/m1/s1. The van der Waals surface area contributed by atoms with E-state index in [4.69, 9.17) is 4.42 Å². The van der Waals surface area contributed by atoms with Crippen LogP contribution in [0.15, 0.2) is 62.7 Å². The summed E-state index contributed by atoms with van der Waals surface area (Å²) in [5, 5.41) is 4.50. The average molecular weight is 433 g/mol. The van der Waals surface area contributed by atoms with E-state index >= 15 is 0 Å². The van der Waals surface area contributed by atoms with Gasteiger partial charge in [-0.25, -0.2) is 9.48 Å². The highest BCUT2D eigenvalue weighted by Crippen LogP contribution is 2.24. The first-order valence-corrected chi connectivity index (χ1v) is 10.5.